The van der Waals surface area contributed by atoms with Gasteiger partial charge in [-0.1, -0.05) is 30.3 Å². The largest absolute Gasteiger partial charge is 0.379 e. The highest BCUT2D eigenvalue weighted by molar-refractivity contribution is 5.84. The van der Waals surface area contributed by atoms with Crippen molar-refractivity contribution in [1.82, 2.24) is 20.4 Å². The highest BCUT2D eigenvalue weighted by atomic mass is 16.5. The lowest BCUT2D eigenvalue weighted by Gasteiger charge is -2.26. The van der Waals surface area contributed by atoms with Crippen LogP contribution in [0.4, 0.5) is 0 Å². The Bertz CT molecular complexity index is 571. The van der Waals surface area contributed by atoms with Crippen LogP contribution in [0.5, 0.6) is 0 Å². The third-order valence-corrected chi connectivity index (χ3v) is 4.47. The third-order valence-electron chi connectivity index (χ3n) is 4.47. The van der Waals surface area contributed by atoms with E-state index in [1.165, 1.54) is 5.56 Å². The summed E-state index contributed by atoms with van der Waals surface area (Å²) in [5, 5.41) is 6.69. The maximum absolute atomic E-state index is 11.8. The molecule has 1 saturated heterocycles. The number of hydrogen-bond acceptors (Lipinski definition) is 4. The Morgan fingerprint density at radius 1 is 1.15 bits per heavy atom. The Morgan fingerprint density at radius 2 is 1.85 bits per heavy atom. The maximum atomic E-state index is 11.8. The minimum atomic E-state index is -0.00596. The second kappa shape index (κ2) is 12.3. The first-order valence-electron chi connectivity index (χ1n) is 9.71. The minimum absolute atomic E-state index is 0.00596. The van der Waals surface area contributed by atoms with Crippen LogP contribution in [0.15, 0.2) is 35.3 Å². The molecule has 2 rings (SSSR count). The van der Waals surface area contributed by atoms with Gasteiger partial charge in [-0.25, -0.2) is 4.99 Å². The lowest BCUT2D eigenvalue weighted by Crippen LogP contribution is -2.45. The predicted octanol–water partition coefficient (Wildman–Crippen LogP) is 0.575. The van der Waals surface area contributed by atoms with Crippen LogP contribution in [0.2, 0.25) is 0 Å². The van der Waals surface area contributed by atoms with E-state index in [4.69, 9.17) is 4.74 Å². The smallest absolute Gasteiger partial charge is 0.243 e. The van der Waals surface area contributed by atoms with Crippen LogP contribution in [0.3, 0.4) is 0 Å². The predicted molar refractivity (Wildman–Crippen MR) is 109 cm³/mol. The summed E-state index contributed by atoms with van der Waals surface area (Å²) in [7, 11) is 3.49. The molecule has 0 radical (unpaired) electrons. The van der Waals surface area contributed by atoms with Crippen molar-refractivity contribution in [2.24, 2.45) is 4.99 Å². The summed E-state index contributed by atoms with van der Waals surface area (Å²) in [6.45, 7) is 6.24. The van der Waals surface area contributed by atoms with Crippen LogP contribution < -0.4 is 10.6 Å². The van der Waals surface area contributed by atoms with Crippen molar-refractivity contribution in [3.05, 3.63) is 35.9 Å². The van der Waals surface area contributed by atoms with Gasteiger partial charge in [0.15, 0.2) is 5.96 Å². The molecule has 0 saturated carbocycles. The lowest BCUT2D eigenvalue weighted by molar-refractivity contribution is -0.127. The second-order valence-electron chi connectivity index (χ2n) is 6.85. The normalized spacial score (nSPS) is 15.4. The summed E-state index contributed by atoms with van der Waals surface area (Å²) >= 11 is 0. The summed E-state index contributed by atoms with van der Waals surface area (Å²) in [5.41, 5.74) is 1.33. The second-order valence-corrected chi connectivity index (χ2v) is 6.85. The molecular weight excluding hydrogens is 342 g/mol. The maximum Gasteiger partial charge on any atom is 0.243 e. The quantitative estimate of drug-likeness (QED) is 0.375. The number of nitrogens with one attached hydrogen (secondary N) is 2. The fourth-order valence-corrected chi connectivity index (χ4v) is 2.76. The first kappa shape index (κ1) is 21.2. The van der Waals surface area contributed by atoms with E-state index < -0.39 is 0 Å². The fraction of sp³-hybridized carbons (Fsp3) is 0.600. The number of likely N-dealkylation sites (N-methyl/N-ethyl adjacent to an activating group) is 1. The fourth-order valence-electron chi connectivity index (χ4n) is 2.76. The van der Waals surface area contributed by atoms with Crippen molar-refractivity contribution < 1.29 is 9.53 Å². The zero-order chi connectivity index (χ0) is 19.3. The van der Waals surface area contributed by atoms with Gasteiger partial charge in [-0.15, -0.1) is 0 Å². The number of aliphatic imine (C=N–C) groups is 1. The van der Waals surface area contributed by atoms with Gasteiger partial charge in [-0.2, -0.15) is 0 Å². The highest BCUT2D eigenvalue weighted by Gasteiger charge is 2.10. The van der Waals surface area contributed by atoms with Gasteiger partial charge in [-0.05, 0) is 18.4 Å². The molecule has 1 aliphatic rings. The molecule has 150 valence electrons. The number of benzene rings is 1. The zero-order valence-electron chi connectivity index (χ0n) is 16.6. The molecule has 0 atom stereocenters. The summed E-state index contributed by atoms with van der Waals surface area (Å²) in [5.74, 6) is 0.695. The van der Waals surface area contributed by atoms with Gasteiger partial charge in [0, 0.05) is 46.8 Å². The highest BCUT2D eigenvalue weighted by Crippen LogP contribution is 2.01. The van der Waals surface area contributed by atoms with E-state index in [1.54, 1.807) is 19.0 Å². The SMILES string of the molecule is CN(C)C(=O)CN=C(NCCCc1ccccc1)NCCN1CCOCC1. The van der Waals surface area contributed by atoms with E-state index in [2.05, 4.69) is 44.8 Å². The van der Waals surface area contributed by atoms with E-state index in [9.17, 15) is 4.79 Å². The average Bonchev–Trinajstić information content (AvgIpc) is 2.70. The van der Waals surface area contributed by atoms with Crippen molar-refractivity contribution in [2.75, 3.05) is 66.6 Å². The molecule has 2 N–H and O–H groups in total. The molecule has 0 bridgehead atoms. The van der Waals surface area contributed by atoms with Crippen LogP contribution in [0.1, 0.15) is 12.0 Å². The summed E-state index contributed by atoms with van der Waals surface area (Å²) in [6.07, 6.45) is 2.03. The van der Waals surface area contributed by atoms with Crippen LogP contribution >= 0.6 is 0 Å². The third kappa shape index (κ3) is 8.88. The Hall–Kier alpha value is -2.12. The molecule has 0 unspecified atom stereocenters. The number of carbonyl (C=O) groups is 1. The number of hydrogen-bond donors (Lipinski definition) is 2. The first-order valence-corrected chi connectivity index (χ1v) is 9.71. The number of morpholine rings is 1. The van der Waals surface area contributed by atoms with E-state index in [0.29, 0.717) is 5.96 Å². The van der Waals surface area contributed by atoms with Gasteiger partial charge in [0.1, 0.15) is 6.54 Å². The molecular formula is C20H33N5O2. The summed E-state index contributed by atoms with van der Waals surface area (Å²) < 4.78 is 5.38. The molecule has 1 heterocycles. The Balaban J connectivity index is 1.75. The number of ether oxygens (including phenoxy) is 1. The van der Waals surface area contributed by atoms with Gasteiger partial charge in [0.05, 0.1) is 13.2 Å². The molecule has 1 fully saturated rings. The number of amides is 1. The molecule has 0 aliphatic carbocycles. The minimum Gasteiger partial charge on any atom is -0.379 e. The van der Waals surface area contributed by atoms with Gasteiger partial charge >= 0.3 is 0 Å². The van der Waals surface area contributed by atoms with Crippen LogP contribution in [0, 0.1) is 0 Å². The monoisotopic (exact) mass is 375 g/mol. The Kier molecular flexibility index (Phi) is 9.65. The van der Waals surface area contributed by atoms with Crippen molar-refractivity contribution in [2.45, 2.75) is 12.8 Å². The van der Waals surface area contributed by atoms with E-state index >= 15 is 0 Å². The average molecular weight is 376 g/mol. The van der Waals surface area contributed by atoms with Crippen molar-refractivity contribution in [1.29, 1.82) is 0 Å². The number of rotatable bonds is 9. The standard InChI is InChI=1S/C20H33N5O2/c1-24(2)19(26)17-23-20(22-11-12-25-13-15-27-16-14-25)21-10-6-9-18-7-4-3-5-8-18/h3-5,7-8H,6,9-17H2,1-2H3,(H2,21,22,23). The molecule has 7 heteroatoms. The van der Waals surface area contributed by atoms with Crippen molar-refractivity contribution in [3.8, 4) is 0 Å². The van der Waals surface area contributed by atoms with Crippen LogP contribution in [0.25, 0.3) is 0 Å². The molecule has 0 aromatic heterocycles. The number of carbonyl (C=O) groups excluding carboxylic acids is 1. The molecule has 1 aromatic rings. The Labute approximate surface area is 162 Å². The zero-order valence-corrected chi connectivity index (χ0v) is 16.6. The molecule has 27 heavy (non-hydrogen) atoms. The number of aryl methyl sites for hydroxylation is 1. The van der Waals surface area contributed by atoms with E-state index in [0.717, 1.165) is 58.8 Å². The van der Waals surface area contributed by atoms with E-state index in [1.807, 2.05) is 6.07 Å². The molecule has 1 aliphatic heterocycles. The van der Waals surface area contributed by atoms with Gasteiger partial charge in [0.2, 0.25) is 5.91 Å². The number of guanidine groups is 1. The van der Waals surface area contributed by atoms with Crippen molar-refractivity contribution >= 4 is 11.9 Å². The molecule has 7 nitrogen and oxygen atoms in total. The topological polar surface area (TPSA) is 69.2 Å². The first-order chi connectivity index (χ1) is 13.1. The van der Waals surface area contributed by atoms with Gasteiger partial charge < -0.3 is 20.3 Å². The molecule has 1 amide bonds. The van der Waals surface area contributed by atoms with E-state index in [-0.39, 0.29) is 12.5 Å². The van der Waals surface area contributed by atoms with Crippen LogP contribution in [-0.4, -0.2) is 88.2 Å². The lowest BCUT2D eigenvalue weighted by atomic mass is 10.1. The van der Waals surface area contributed by atoms with Crippen LogP contribution in [-0.2, 0) is 16.0 Å². The summed E-state index contributed by atoms with van der Waals surface area (Å²) in [4.78, 5) is 20.2. The Morgan fingerprint density at radius 3 is 2.56 bits per heavy atom. The summed E-state index contributed by atoms with van der Waals surface area (Å²) in [6, 6.07) is 10.5. The number of nitrogens with zero attached hydrogens (tertiary/aromatic N) is 3. The molecule has 0 spiro atoms. The van der Waals surface area contributed by atoms with Gasteiger partial charge in [-0.3, -0.25) is 9.69 Å². The molecule has 1 aromatic carbocycles. The van der Waals surface area contributed by atoms with Crippen molar-refractivity contribution in [3.63, 3.8) is 0 Å². The van der Waals surface area contributed by atoms with Gasteiger partial charge in [0.25, 0.3) is 0 Å².